The van der Waals surface area contributed by atoms with Crippen molar-refractivity contribution in [2.75, 3.05) is 6.54 Å². The van der Waals surface area contributed by atoms with Crippen molar-refractivity contribution >= 4 is 0 Å². The van der Waals surface area contributed by atoms with Crippen LogP contribution in [0.1, 0.15) is 23.7 Å². The minimum absolute atomic E-state index is 0.0708. The van der Waals surface area contributed by atoms with E-state index in [1.807, 2.05) is 6.07 Å². The lowest BCUT2D eigenvalue weighted by molar-refractivity contribution is -0.138. The molecule has 0 spiro atoms. The summed E-state index contributed by atoms with van der Waals surface area (Å²) in [6, 6.07) is 11.2. The third kappa shape index (κ3) is 4.05. The summed E-state index contributed by atoms with van der Waals surface area (Å²) in [6.45, 7) is 1.65. The van der Waals surface area contributed by atoms with Crippen LogP contribution in [0.4, 0.5) is 13.2 Å². The number of aromatic nitrogens is 1. The summed E-state index contributed by atoms with van der Waals surface area (Å²) in [4.78, 5) is 3.77. The Labute approximate surface area is 126 Å². The molecule has 2 N–H and O–H groups in total. The van der Waals surface area contributed by atoms with Crippen LogP contribution in [-0.4, -0.2) is 16.6 Å². The lowest BCUT2D eigenvalue weighted by atomic mass is 9.96. The predicted molar refractivity (Wildman–Crippen MR) is 77.0 cm³/mol. The van der Waals surface area contributed by atoms with Crippen LogP contribution in [0.25, 0.3) is 0 Å². The van der Waals surface area contributed by atoms with Crippen LogP contribution < -0.4 is 5.32 Å². The summed E-state index contributed by atoms with van der Waals surface area (Å²) < 4.78 is 38.6. The molecule has 0 radical (unpaired) electrons. The summed E-state index contributed by atoms with van der Waals surface area (Å²) >= 11 is 0. The van der Waals surface area contributed by atoms with Gasteiger partial charge in [-0.1, -0.05) is 30.3 Å². The molecule has 0 aliphatic rings. The first-order valence-corrected chi connectivity index (χ1v) is 6.80. The third-order valence-electron chi connectivity index (χ3n) is 3.35. The van der Waals surface area contributed by atoms with Crippen LogP contribution in [0.3, 0.4) is 0 Å². The molecular weight excluding hydrogens is 293 g/mol. The number of nitrogens with one attached hydrogen (secondary N) is 1. The fourth-order valence-corrected chi connectivity index (χ4v) is 2.16. The summed E-state index contributed by atoms with van der Waals surface area (Å²) in [5, 5.41) is 13.2. The minimum atomic E-state index is -4.44. The minimum Gasteiger partial charge on any atom is -0.384 e. The quantitative estimate of drug-likeness (QED) is 0.892. The molecular formula is C16H17F3N2O. The van der Waals surface area contributed by atoms with Crippen molar-refractivity contribution in [2.24, 2.45) is 0 Å². The van der Waals surface area contributed by atoms with Crippen LogP contribution in [0.2, 0.25) is 0 Å². The van der Waals surface area contributed by atoms with Gasteiger partial charge in [0.1, 0.15) is 0 Å². The van der Waals surface area contributed by atoms with Gasteiger partial charge in [-0.3, -0.25) is 4.98 Å². The molecule has 1 heterocycles. The maximum atomic E-state index is 12.9. The Balaban J connectivity index is 2.03. The molecule has 1 aromatic heterocycles. The molecule has 0 bridgehead atoms. The molecule has 6 heteroatoms. The van der Waals surface area contributed by atoms with Crippen LogP contribution in [0.5, 0.6) is 0 Å². The van der Waals surface area contributed by atoms with Gasteiger partial charge in [-0.15, -0.1) is 0 Å². The molecule has 0 saturated carbocycles. The first-order chi connectivity index (χ1) is 10.3. The largest absolute Gasteiger partial charge is 0.418 e. The van der Waals surface area contributed by atoms with Crippen molar-refractivity contribution in [3.8, 4) is 0 Å². The van der Waals surface area contributed by atoms with Crippen LogP contribution in [-0.2, 0) is 18.3 Å². The molecule has 2 aromatic rings. The van der Waals surface area contributed by atoms with E-state index in [1.54, 1.807) is 31.2 Å². The zero-order valence-electron chi connectivity index (χ0n) is 12.1. The van der Waals surface area contributed by atoms with Gasteiger partial charge in [0.2, 0.25) is 0 Å². The maximum absolute atomic E-state index is 12.9. The Kier molecular flexibility index (Phi) is 4.83. The van der Waals surface area contributed by atoms with Gasteiger partial charge in [-0.05, 0) is 24.6 Å². The number of rotatable bonds is 5. The molecule has 0 aliphatic heterocycles. The second-order valence-corrected chi connectivity index (χ2v) is 5.24. The number of aliphatic hydroxyl groups is 1. The van der Waals surface area contributed by atoms with E-state index in [1.165, 1.54) is 12.3 Å². The first-order valence-electron chi connectivity index (χ1n) is 6.80. The van der Waals surface area contributed by atoms with E-state index in [-0.39, 0.29) is 18.8 Å². The fourth-order valence-electron chi connectivity index (χ4n) is 2.16. The average molecular weight is 310 g/mol. The molecule has 3 nitrogen and oxygen atoms in total. The lowest BCUT2D eigenvalue weighted by Crippen LogP contribution is -2.35. The second-order valence-electron chi connectivity index (χ2n) is 5.24. The Hall–Kier alpha value is -1.92. The zero-order chi connectivity index (χ0) is 16.2. The summed E-state index contributed by atoms with van der Waals surface area (Å²) in [6.07, 6.45) is -3.12. The van der Waals surface area contributed by atoms with Crippen molar-refractivity contribution < 1.29 is 18.3 Å². The van der Waals surface area contributed by atoms with Crippen molar-refractivity contribution in [3.63, 3.8) is 0 Å². The van der Waals surface area contributed by atoms with E-state index >= 15 is 0 Å². The number of halogens is 3. The van der Waals surface area contributed by atoms with Gasteiger partial charge in [0.15, 0.2) is 0 Å². The Bertz CT molecular complexity index is 612. The summed E-state index contributed by atoms with van der Waals surface area (Å²) in [5.41, 5.74) is -1.32. The molecule has 0 fully saturated rings. The highest BCUT2D eigenvalue weighted by Crippen LogP contribution is 2.31. The Morgan fingerprint density at radius 2 is 1.77 bits per heavy atom. The van der Waals surface area contributed by atoms with E-state index in [2.05, 4.69) is 10.3 Å². The second kappa shape index (κ2) is 6.46. The molecule has 1 unspecified atom stereocenters. The van der Waals surface area contributed by atoms with E-state index in [4.69, 9.17) is 0 Å². The van der Waals surface area contributed by atoms with Gasteiger partial charge < -0.3 is 10.4 Å². The molecule has 1 aromatic carbocycles. The molecule has 1 atom stereocenters. The highest BCUT2D eigenvalue weighted by Gasteiger charge is 2.33. The summed E-state index contributed by atoms with van der Waals surface area (Å²) in [5.74, 6) is 0. The van der Waals surface area contributed by atoms with Crippen molar-refractivity contribution in [3.05, 3.63) is 65.5 Å². The van der Waals surface area contributed by atoms with Gasteiger partial charge in [0.05, 0.1) is 16.9 Å². The normalized spacial score (nSPS) is 14.6. The van der Waals surface area contributed by atoms with Gasteiger partial charge in [0, 0.05) is 19.3 Å². The first kappa shape index (κ1) is 16.5. The number of nitrogens with zero attached hydrogens (tertiary/aromatic N) is 1. The van der Waals surface area contributed by atoms with Crippen molar-refractivity contribution in [1.29, 1.82) is 0 Å². The number of benzene rings is 1. The molecule has 0 saturated heterocycles. The number of hydrogen-bond acceptors (Lipinski definition) is 3. The van der Waals surface area contributed by atoms with E-state index < -0.39 is 17.3 Å². The zero-order valence-corrected chi connectivity index (χ0v) is 12.1. The topological polar surface area (TPSA) is 45.1 Å². The van der Waals surface area contributed by atoms with Gasteiger partial charge >= 0.3 is 6.18 Å². The van der Waals surface area contributed by atoms with Crippen LogP contribution >= 0.6 is 0 Å². The van der Waals surface area contributed by atoms with Gasteiger partial charge in [-0.25, -0.2) is 0 Å². The number of hydrogen-bond donors (Lipinski definition) is 2. The molecule has 22 heavy (non-hydrogen) atoms. The van der Waals surface area contributed by atoms with E-state index in [0.717, 1.165) is 6.07 Å². The van der Waals surface area contributed by atoms with E-state index in [9.17, 15) is 18.3 Å². The third-order valence-corrected chi connectivity index (χ3v) is 3.35. The van der Waals surface area contributed by atoms with Crippen LogP contribution in [0, 0.1) is 0 Å². The predicted octanol–water partition coefficient (Wildman–Crippen LogP) is 3.10. The average Bonchev–Trinajstić information content (AvgIpc) is 2.47. The fraction of sp³-hybridized carbons (Fsp3) is 0.312. The van der Waals surface area contributed by atoms with Gasteiger partial charge in [-0.2, -0.15) is 13.2 Å². The highest BCUT2D eigenvalue weighted by molar-refractivity contribution is 5.24. The maximum Gasteiger partial charge on any atom is 0.418 e. The van der Waals surface area contributed by atoms with Crippen molar-refractivity contribution in [2.45, 2.75) is 25.2 Å². The molecule has 0 amide bonds. The molecule has 118 valence electrons. The van der Waals surface area contributed by atoms with Crippen LogP contribution in [0.15, 0.2) is 48.7 Å². The SMILES string of the molecule is CC(O)(CNCc1ncccc1C(F)(F)F)c1ccccc1. The molecule has 0 aliphatic carbocycles. The van der Waals surface area contributed by atoms with Crippen molar-refractivity contribution in [1.82, 2.24) is 10.3 Å². The Morgan fingerprint density at radius 3 is 2.41 bits per heavy atom. The Morgan fingerprint density at radius 1 is 1.09 bits per heavy atom. The van der Waals surface area contributed by atoms with E-state index in [0.29, 0.717) is 5.56 Å². The smallest absolute Gasteiger partial charge is 0.384 e. The number of alkyl halides is 3. The standard InChI is InChI=1S/C16H17F3N2O/c1-15(22,12-6-3-2-4-7-12)11-20-10-14-13(16(17,18)19)8-5-9-21-14/h2-9,20,22H,10-11H2,1H3. The lowest BCUT2D eigenvalue weighted by Gasteiger charge is -2.24. The number of pyridine rings is 1. The highest BCUT2D eigenvalue weighted by atomic mass is 19.4. The summed E-state index contributed by atoms with van der Waals surface area (Å²) in [7, 11) is 0. The van der Waals surface area contributed by atoms with Gasteiger partial charge in [0.25, 0.3) is 0 Å². The molecule has 2 rings (SSSR count). The monoisotopic (exact) mass is 310 g/mol.